The highest BCUT2D eigenvalue weighted by Crippen LogP contribution is 2.65. The molecule has 0 saturated heterocycles. The molecule has 1 aliphatic carbocycles. The Morgan fingerprint density at radius 1 is 0.733 bits per heavy atom. The normalized spacial score (nSPS) is 17.4. The number of anilines is 3. The van der Waals surface area contributed by atoms with Crippen molar-refractivity contribution >= 4 is 58.0 Å². The zero-order chi connectivity index (χ0) is 33.8. The van der Waals surface area contributed by atoms with Gasteiger partial charge in [-0.2, -0.15) is 26.3 Å². The molecule has 3 N–H and O–H groups in total. The highest BCUT2D eigenvalue weighted by Gasteiger charge is 2.67. The summed E-state index contributed by atoms with van der Waals surface area (Å²) in [6.07, 6.45) is -10.6. The monoisotopic (exact) mass is 693 g/mol. The van der Waals surface area contributed by atoms with Crippen LogP contribution in [-0.2, 0) is 15.8 Å². The highest BCUT2D eigenvalue weighted by molar-refractivity contribution is 6.53. The van der Waals surface area contributed by atoms with Crippen LogP contribution < -0.4 is 16.0 Å². The van der Waals surface area contributed by atoms with Gasteiger partial charge in [-0.05, 0) is 35.9 Å². The van der Waals surface area contributed by atoms with Gasteiger partial charge in [0.1, 0.15) is 21.7 Å². The van der Waals surface area contributed by atoms with E-state index < -0.39 is 104 Å². The molecular weight excluding hydrogens is 682 g/mol. The zero-order valence-electron chi connectivity index (χ0n) is 21.3. The van der Waals surface area contributed by atoms with Crippen molar-refractivity contribution in [2.75, 3.05) is 16.0 Å². The summed E-state index contributed by atoms with van der Waals surface area (Å²) in [5, 5.41) is 4.61. The molecule has 0 heterocycles. The smallest absolute Gasteiger partial charge is 0.326 e. The Morgan fingerprint density at radius 2 is 1.36 bits per heavy atom. The Morgan fingerprint density at radius 3 is 1.96 bits per heavy atom. The quantitative estimate of drug-likeness (QED) is 0.183. The van der Waals surface area contributed by atoms with Gasteiger partial charge in [0.05, 0.1) is 22.7 Å². The number of halogens is 13. The van der Waals surface area contributed by atoms with Gasteiger partial charge in [0.2, 0.25) is 5.91 Å². The molecule has 0 bridgehead atoms. The Labute approximate surface area is 253 Å². The second kappa shape index (κ2) is 11.7. The first-order valence-corrected chi connectivity index (χ1v) is 12.6. The van der Waals surface area contributed by atoms with E-state index in [0.29, 0.717) is 36.4 Å². The Balaban J connectivity index is 1.57. The summed E-state index contributed by atoms with van der Waals surface area (Å²) in [4.78, 5) is 36.6. The molecule has 3 amide bonds. The summed E-state index contributed by atoms with van der Waals surface area (Å²) in [6, 6.07) is 3.29. The van der Waals surface area contributed by atoms with Gasteiger partial charge >= 0.3 is 18.3 Å². The van der Waals surface area contributed by atoms with E-state index in [0.717, 1.165) is 11.4 Å². The molecule has 2 atom stereocenters. The highest BCUT2D eigenvalue weighted by atomic mass is 35.5. The van der Waals surface area contributed by atoms with Crippen LogP contribution in [0.2, 0.25) is 0 Å². The first-order valence-electron chi connectivity index (χ1n) is 11.9. The average Bonchev–Trinajstić information content (AvgIpc) is 3.50. The molecule has 1 aliphatic rings. The lowest BCUT2D eigenvalue weighted by Gasteiger charge is -2.14. The fraction of sp³-hybridized carbons (Fsp3) is 0.192. The van der Waals surface area contributed by atoms with Gasteiger partial charge in [0, 0.05) is 17.7 Å². The minimum atomic E-state index is -5.48. The van der Waals surface area contributed by atoms with Gasteiger partial charge in [-0.3, -0.25) is 14.4 Å². The van der Waals surface area contributed by atoms with Crippen LogP contribution in [0.4, 0.5) is 65.4 Å². The number of alkyl halides is 8. The number of benzene rings is 3. The Bertz CT molecular complexity index is 1730. The van der Waals surface area contributed by atoms with E-state index in [1.807, 2.05) is 5.32 Å². The first kappa shape index (κ1) is 33.8. The summed E-state index contributed by atoms with van der Waals surface area (Å²) in [5.41, 5.74) is -6.65. The van der Waals surface area contributed by atoms with Crippen LogP contribution >= 0.6 is 23.2 Å². The predicted molar refractivity (Wildman–Crippen MR) is 136 cm³/mol. The average molecular weight is 694 g/mol. The predicted octanol–water partition coefficient (Wildman–Crippen LogP) is 7.68. The zero-order valence-corrected chi connectivity index (χ0v) is 22.8. The van der Waals surface area contributed by atoms with Crippen LogP contribution in [-0.4, -0.2) is 28.2 Å². The molecule has 0 aliphatic heterocycles. The van der Waals surface area contributed by atoms with E-state index in [1.165, 1.54) is 5.32 Å². The van der Waals surface area contributed by atoms with Gasteiger partial charge in [0.25, 0.3) is 5.91 Å². The van der Waals surface area contributed by atoms with Gasteiger partial charge in [0.15, 0.2) is 17.5 Å². The van der Waals surface area contributed by atoms with Crippen molar-refractivity contribution < 1.29 is 62.7 Å². The molecule has 45 heavy (non-hydrogen) atoms. The van der Waals surface area contributed by atoms with E-state index in [9.17, 15) is 62.7 Å². The lowest BCUT2D eigenvalue weighted by Crippen LogP contribution is -2.30. The summed E-state index contributed by atoms with van der Waals surface area (Å²) in [5.74, 6) is -17.3. The molecule has 240 valence electrons. The van der Waals surface area contributed by atoms with E-state index in [1.54, 1.807) is 0 Å². The van der Waals surface area contributed by atoms with E-state index in [4.69, 9.17) is 23.2 Å². The van der Waals surface area contributed by atoms with Crippen molar-refractivity contribution in [3.05, 3.63) is 88.2 Å². The molecule has 0 aromatic heterocycles. The third-order valence-corrected chi connectivity index (χ3v) is 7.31. The number of carbonyl (C=O) groups is 3. The van der Waals surface area contributed by atoms with Crippen molar-refractivity contribution in [2.45, 2.75) is 22.6 Å². The van der Waals surface area contributed by atoms with Crippen molar-refractivity contribution in [2.24, 2.45) is 5.92 Å². The molecule has 0 spiro atoms. The Kier molecular flexibility index (Phi) is 8.76. The van der Waals surface area contributed by atoms with Crippen molar-refractivity contribution in [1.29, 1.82) is 0 Å². The molecule has 1 fully saturated rings. The van der Waals surface area contributed by atoms with Crippen LogP contribution in [0.5, 0.6) is 0 Å². The molecule has 3 aromatic rings. The molecule has 0 radical (unpaired) electrons. The fourth-order valence-electron chi connectivity index (χ4n) is 4.21. The topological polar surface area (TPSA) is 87.3 Å². The number of hydrogen-bond donors (Lipinski definition) is 3. The first-order chi connectivity index (χ1) is 20.6. The maximum Gasteiger partial charge on any atom is 0.471 e. The minimum absolute atomic E-state index is 0.295. The van der Waals surface area contributed by atoms with Gasteiger partial charge in [-0.15, -0.1) is 23.2 Å². The molecule has 6 nitrogen and oxygen atoms in total. The fourth-order valence-corrected chi connectivity index (χ4v) is 5.03. The maximum atomic E-state index is 14.7. The summed E-state index contributed by atoms with van der Waals surface area (Å²) in [7, 11) is 0. The van der Waals surface area contributed by atoms with Crippen LogP contribution in [0, 0.1) is 35.0 Å². The van der Waals surface area contributed by atoms with Gasteiger partial charge < -0.3 is 16.0 Å². The van der Waals surface area contributed by atoms with E-state index in [2.05, 4.69) is 0 Å². The second-order valence-electron chi connectivity index (χ2n) is 9.37. The molecule has 3 aromatic carbocycles. The second-order valence-corrected chi connectivity index (χ2v) is 10.8. The van der Waals surface area contributed by atoms with E-state index >= 15 is 0 Å². The molecule has 4 rings (SSSR count). The SMILES string of the molecule is O=C(Nc1c(F)ccc(NC(=O)C(F)(F)F)c1F)c1cc(NC(=O)[C@H]2[C@H](c3ccc(F)c(C(F)(F)F)c3)C2(Cl)Cl)cc(F)c1F. The van der Waals surface area contributed by atoms with Gasteiger partial charge in [-0.25, -0.2) is 22.0 Å². The van der Waals surface area contributed by atoms with Crippen LogP contribution in [0.25, 0.3) is 0 Å². The molecule has 0 unspecified atom stereocenters. The summed E-state index contributed by atoms with van der Waals surface area (Å²) >= 11 is 12.1. The van der Waals surface area contributed by atoms with Crippen LogP contribution in [0.15, 0.2) is 42.5 Å². The molecule has 1 saturated carbocycles. The summed E-state index contributed by atoms with van der Waals surface area (Å²) < 4.78 is 146. The molecule has 19 heteroatoms. The third kappa shape index (κ3) is 6.78. The van der Waals surface area contributed by atoms with E-state index in [-0.39, 0.29) is 5.56 Å². The summed E-state index contributed by atoms with van der Waals surface area (Å²) in [6.45, 7) is 0. The minimum Gasteiger partial charge on any atom is -0.326 e. The standard InChI is InChI=1S/C26H12Cl2F11N3O3/c27-24(28)16(8-1-2-12(29)11(5-8)25(34,35)36)17(24)22(44)40-9-6-10(18(32)14(31)7-9)21(43)42-20-13(30)3-4-15(19(20)33)41-23(45)26(37,38)39/h1-7,16-17H,(H,40,44)(H,41,45)(H,42,43)/t16-,17+/m0/s1. The lowest BCUT2D eigenvalue weighted by molar-refractivity contribution is -0.167. The lowest BCUT2D eigenvalue weighted by atomic mass is 10.0. The number of carbonyl (C=O) groups excluding carboxylic acids is 3. The van der Waals surface area contributed by atoms with Crippen LogP contribution in [0.1, 0.15) is 27.4 Å². The third-order valence-electron chi connectivity index (χ3n) is 6.37. The number of nitrogens with one attached hydrogen (secondary N) is 3. The van der Waals surface area contributed by atoms with Crippen molar-refractivity contribution in [1.82, 2.24) is 0 Å². The maximum absolute atomic E-state index is 14.7. The van der Waals surface area contributed by atoms with Crippen molar-refractivity contribution in [3.63, 3.8) is 0 Å². The number of rotatable bonds is 6. The number of hydrogen-bond acceptors (Lipinski definition) is 3. The Hall–Kier alpha value is -4.12. The molecular formula is C26H12Cl2F11N3O3. The number of amides is 3. The largest absolute Gasteiger partial charge is 0.471 e. The van der Waals surface area contributed by atoms with Crippen LogP contribution in [0.3, 0.4) is 0 Å². The van der Waals surface area contributed by atoms with Gasteiger partial charge in [-0.1, -0.05) is 6.07 Å². The van der Waals surface area contributed by atoms with Crippen molar-refractivity contribution in [3.8, 4) is 0 Å².